The van der Waals surface area contributed by atoms with E-state index in [1.54, 1.807) is 0 Å². The van der Waals surface area contributed by atoms with Crippen molar-refractivity contribution < 1.29 is 9.47 Å². The van der Waals surface area contributed by atoms with Gasteiger partial charge in [0, 0.05) is 25.5 Å². The minimum atomic E-state index is -0.318. The van der Waals surface area contributed by atoms with Gasteiger partial charge >= 0.3 is 5.56 Å². The number of morpholine rings is 1. The second-order valence-corrected chi connectivity index (χ2v) is 3.23. The Balaban J connectivity index is 1.87. The summed E-state index contributed by atoms with van der Waals surface area (Å²) in [6.45, 7) is 2.62. The second-order valence-electron chi connectivity index (χ2n) is 3.23. The fraction of sp³-hybridized carbons (Fsp3) is 0.556. The van der Waals surface area contributed by atoms with Gasteiger partial charge in [0.2, 0.25) is 0 Å². The minimum absolute atomic E-state index is 0.0137. The topological polar surface area (TPSA) is 76.2 Å². The van der Waals surface area contributed by atoms with Crippen molar-refractivity contribution in [3.63, 3.8) is 0 Å². The first-order valence-corrected chi connectivity index (χ1v) is 4.85. The van der Waals surface area contributed by atoms with Crippen molar-refractivity contribution in [2.75, 3.05) is 26.3 Å². The lowest BCUT2D eigenvalue weighted by atomic mass is 10.3. The number of H-pyrrole nitrogens is 1. The van der Waals surface area contributed by atoms with Crippen LogP contribution in [-0.4, -0.2) is 42.4 Å². The average Bonchev–Trinajstić information content (AvgIpc) is 2.29. The molecule has 2 N–H and O–H groups in total. The van der Waals surface area contributed by atoms with Crippen LogP contribution in [0.4, 0.5) is 0 Å². The molecule has 1 aliphatic heterocycles. The summed E-state index contributed by atoms with van der Waals surface area (Å²) in [5.41, 5.74) is -0.318. The molecule has 0 aliphatic carbocycles. The van der Waals surface area contributed by atoms with Crippen LogP contribution in [0.3, 0.4) is 0 Å². The molecular formula is C9H13N3O3. The molecule has 1 aliphatic rings. The number of aromatic amines is 1. The molecule has 0 bridgehead atoms. The van der Waals surface area contributed by atoms with Crippen molar-refractivity contribution in [1.29, 1.82) is 0 Å². The zero-order valence-corrected chi connectivity index (χ0v) is 8.23. The fourth-order valence-corrected chi connectivity index (χ4v) is 1.34. The van der Waals surface area contributed by atoms with Crippen molar-refractivity contribution >= 4 is 0 Å². The molecule has 0 spiro atoms. The highest BCUT2D eigenvalue weighted by Crippen LogP contribution is 1.99. The van der Waals surface area contributed by atoms with E-state index in [1.807, 2.05) is 0 Å². The summed E-state index contributed by atoms with van der Waals surface area (Å²) in [4.78, 5) is 17.5. The van der Waals surface area contributed by atoms with Crippen LogP contribution in [0.5, 0.6) is 5.88 Å². The summed E-state index contributed by atoms with van der Waals surface area (Å²) in [5.74, 6) is 0.0895. The van der Waals surface area contributed by atoms with Gasteiger partial charge in [-0.2, -0.15) is 0 Å². The molecule has 1 fully saturated rings. The Morgan fingerprint density at radius 3 is 3.33 bits per heavy atom. The molecule has 1 atom stereocenters. The second kappa shape index (κ2) is 4.90. The number of nitrogens with zero attached hydrogens (tertiary/aromatic N) is 1. The highest BCUT2D eigenvalue weighted by Gasteiger charge is 2.14. The molecule has 0 saturated carbocycles. The van der Waals surface area contributed by atoms with Gasteiger partial charge in [0.25, 0.3) is 5.88 Å². The largest absolute Gasteiger partial charge is 0.471 e. The van der Waals surface area contributed by atoms with Gasteiger partial charge in [-0.3, -0.25) is 4.79 Å². The predicted molar refractivity (Wildman–Crippen MR) is 53.0 cm³/mol. The Morgan fingerprint density at radius 1 is 1.67 bits per heavy atom. The van der Waals surface area contributed by atoms with Crippen molar-refractivity contribution in [2.24, 2.45) is 0 Å². The molecule has 82 valence electrons. The van der Waals surface area contributed by atoms with Crippen LogP contribution in [0.15, 0.2) is 17.2 Å². The third-order valence-electron chi connectivity index (χ3n) is 2.09. The van der Waals surface area contributed by atoms with Gasteiger partial charge in [-0.25, -0.2) is 4.98 Å². The van der Waals surface area contributed by atoms with Crippen LogP contribution in [0.1, 0.15) is 0 Å². The summed E-state index contributed by atoms with van der Waals surface area (Å²) < 4.78 is 10.7. The number of ether oxygens (including phenoxy) is 2. The van der Waals surface area contributed by atoms with E-state index in [0.717, 1.165) is 13.1 Å². The smallest absolute Gasteiger partial charge is 0.310 e. The van der Waals surface area contributed by atoms with Crippen molar-refractivity contribution in [3.8, 4) is 5.88 Å². The van der Waals surface area contributed by atoms with Gasteiger partial charge in [-0.15, -0.1) is 0 Å². The molecular weight excluding hydrogens is 198 g/mol. The predicted octanol–water partition coefficient (Wildman–Crippen LogP) is -0.863. The first kappa shape index (κ1) is 10.1. The van der Waals surface area contributed by atoms with E-state index in [0.29, 0.717) is 13.2 Å². The minimum Gasteiger partial charge on any atom is -0.471 e. The molecule has 1 aromatic rings. The summed E-state index contributed by atoms with van der Waals surface area (Å²) in [6, 6.07) is 0. The first-order valence-electron chi connectivity index (χ1n) is 4.85. The van der Waals surface area contributed by atoms with Crippen molar-refractivity contribution in [2.45, 2.75) is 6.10 Å². The maximum Gasteiger partial charge on any atom is 0.310 e. The standard InChI is InChI=1S/C9H13N3O3/c13-8-9(12-2-1-11-8)15-6-7-5-10-3-4-14-7/h1-2,7,10H,3-6H2,(H,11,13). The monoisotopic (exact) mass is 211 g/mol. The molecule has 0 radical (unpaired) electrons. The molecule has 1 unspecified atom stereocenters. The van der Waals surface area contributed by atoms with E-state index < -0.39 is 0 Å². The lowest BCUT2D eigenvalue weighted by Crippen LogP contribution is -2.42. The molecule has 0 amide bonds. The Labute approximate surface area is 86.6 Å². The molecule has 2 rings (SSSR count). The molecule has 6 nitrogen and oxygen atoms in total. The number of hydrogen-bond acceptors (Lipinski definition) is 5. The normalized spacial score (nSPS) is 21.2. The maximum absolute atomic E-state index is 11.2. The van der Waals surface area contributed by atoms with Crippen molar-refractivity contribution in [3.05, 3.63) is 22.7 Å². The lowest BCUT2D eigenvalue weighted by molar-refractivity contribution is -0.00108. The van der Waals surface area contributed by atoms with E-state index in [4.69, 9.17) is 9.47 Å². The van der Waals surface area contributed by atoms with Gasteiger partial charge in [0.1, 0.15) is 12.7 Å². The lowest BCUT2D eigenvalue weighted by Gasteiger charge is -2.23. The van der Waals surface area contributed by atoms with Gasteiger partial charge in [-0.1, -0.05) is 0 Å². The van der Waals surface area contributed by atoms with Gasteiger partial charge < -0.3 is 19.8 Å². The van der Waals surface area contributed by atoms with Gasteiger partial charge in [0.05, 0.1) is 6.61 Å². The van der Waals surface area contributed by atoms with Crippen molar-refractivity contribution in [1.82, 2.24) is 15.3 Å². The molecule has 1 aromatic heterocycles. The molecule has 6 heteroatoms. The van der Waals surface area contributed by atoms with Crippen LogP contribution in [0, 0.1) is 0 Å². The van der Waals surface area contributed by atoms with Gasteiger partial charge in [-0.05, 0) is 0 Å². The Kier molecular flexibility index (Phi) is 3.31. The number of hydrogen-bond donors (Lipinski definition) is 2. The van der Waals surface area contributed by atoms with E-state index in [2.05, 4.69) is 15.3 Å². The Bertz CT molecular complexity index is 360. The molecule has 1 saturated heterocycles. The van der Waals surface area contributed by atoms with Crippen LogP contribution < -0.4 is 15.6 Å². The Hall–Kier alpha value is -1.40. The third-order valence-corrected chi connectivity index (χ3v) is 2.09. The van der Waals surface area contributed by atoms with Crippen LogP contribution in [0.25, 0.3) is 0 Å². The van der Waals surface area contributed by atoms with Crippen LogP contribution in [0.2, 0.25) is 0 Å². The van der Waals surface area contributed by atoms with Gasteiger partial charge in [0.15, 0.2) is 0 Å². The number of rotatable bonds is 3. The maximum atomic E-state index is 11.2. The fourth-order valence-electron chi connectivity index (χ4n) is 1.34. The van der Waals surface area contributed by atoms with E-state index in [9.17, 15) is 4.79 Å². The van der Waals surface area contributed by atoms with E-state index >= 15 is 0 Å². The summed E-state index contributed by atoms with van der Waals surface area (Å²) in [5, 5.41) is 3.17. The summed E-state index contributed by atoms with van der Waals surface area (Å²) in [6.07, 6.45) is 2.94. The Morgan fingerprint density at radius 2 is 2.60 bits per heavy atom. The molecule has 2 heterocycles. The number of aromatic nitrogens is 2. The summed E-state index contributed by atoms with van der Waals surface area (Å²) in [7, 11) is 0. The van der Waals surface area contributed by atoms with E-state index in [-0.39, 0.29) is 17.5 Å². The molecule has 0 aromatic carbocycles. The average molecular weight is 211 g/mol. The SMILES string of the molecule is O=c1[nH]ccnc1OCC1CNCCO1. The number of nitrogens with one attached hydrogen (secondary N) is 2. The zero-order valence-electron chi connectivity index (χ0n) is 8.23. The first-order chi connectivity index (χ1) is 7.36. The van der Waals surface area contributed by atoms with E-state index in [1.165, 1.54) is 12.4 Å². The highest BCUT2D eigenvalue weighted by molar-refractivity contribution is 5.02. The zero-order chi connectivity index (χ0) is 10.5. The highest BCUT2D eigenvalue weighted by atomic mass is 16.5. The van der Waals surface area contributed by atoms with Crippen LogP contribution in [-0.2, 0) is 4.74 Å². The quantitative estimate of drug-likeness (QED) is 0.680. The third kappa shape index (κ3) is 2.77. The van der Waals surface area contributed by atoms with Crippen LogP contribution >= 0.6 is 0 Å². The molecule has 15 heavy (non-hydrogen) atoms. The summed E-state index contributed by atoms with van der Waals surface area (Å²) >= 11 is 0.